The average Bonchev–Trinajstić information content (AvgIpc) is 3.76. The Morgan fingerprint density at radius 2 is 1.84 bits per heavy atom. The minimum atomic E-state index is -0.336. The molecule has 6 aromatic rings. The van der Waals surface area contributed by atoms with E-state index in [1.54, 1.807) is 12.4 Å². The van der Waals surface area contributed by atoms with Crippen LogP contribution in [0.5, 0.6) is 0 Å². The van der Waals surface area contributed by atoms with Crippen LogP contribution in [0.25, 0.3) is 56.0 Å². The van der Waals surface area contributed by atoms with E-state index in [4.69, 9.17) is 9.97 Å². The van der Waals surface area contributed by atoms with Gasteiger partial charge in [-0.15, -0.1) is 0 Å². The second-order valence-electron chi connectivity index (χ2n) is 11.4. The lowest BCUT2D eigenvalue weighted by atomic mass is 10.1. The van der Waals surface area contributed by atoms with Crippen molar-refractivity contribution < 1.29 is 4.39 Å². The van der Waals surface area contributed by atoms with Crippen LogP contribution in [0.15, 0.2) is 61.2 Å². The maximum absolute atomic E-state index is 14.7. The number of aromatic amines is 2. The fourth-order valence-electron chi connectivity index (χ4n) is 5.68. The van der Waals surface area contributed by atoms with E-state index >= 15 is 0 Å². The van der Waals surface area contributed by atoms with Crippen LogP contribution in [0, 0.1) is 5.82 Å². The predicted octanol–water partition coefficient (Wildman–Crippen LogP) is 5.33. The number of imidazole rings is 1. The topological polar surface area (TPSA) is 115 Å². The molecule has 0 bridgehead atoms. The Morgan fingerprint density at radius 3 is 2.70 bits per heavy atom. The molecule has 1 saturated heterocycles. The lowest BCUT2D eigenvalue weighted by Crippen LogP contribution is -2.20. The van der Waals surface area contributed by atoms with Gasteiger partial charge < -0.3 is 15.2 Å². The number of hydrogen-bond donors (Lipinski definition) is 3. The fourth-order valence-corrected chi connectivity index (χ4v) is 5.68. The van der Waals surface area contributed by atoms with Crippen LogP contribution in [0.1, 0.15) is 18.4 Å². The quantitative estimate of drug-likeness (QED) is 0.212. The van der Waals surface area contributed by atoms with E-state index in [9.17, 15) is 4.39 Å². The first-order valence-corrected chi connectivity index (χ1v) is 14.6. The van der Waals surface area contributed by atoms with E-state index in [2.05, 4.69) is 46.3 Å². The van der Waals surface area contributed by atoms with Gasteiger partial charge >= 0.3 is 0 Å². The van der Waals surface area contributed by atoms with Crippen molar-refractivity contribution in [2.24, 2.45) is 0 Å². The smallest absolute Gasteiger partial charge is 0.159 e. The number of benzene rings is 1. The van der Waals surface area contributed by atoms with Crippen LogP contribution in [-0.2, 0) is 6.54 Å². The number of nitrogens with one attached hydrogen (secondary N) is 3. The number of halogens is 1. The fraction of sp³-hybridized carbons (Fsp3) is 0.281. The lowest BCUT2D eigenvalue weighted by molar-refractivity contribution is 0.331. The molecule has 11 heteroatoms. The number of H-pyrrole nitrogens is 2. The molecule has 6 heterocycles. The summed E-state index contributed by atoms with van der Waals surface area (Å²) in [5.41, 5.74) is 7.81. The summed E-state index contributed by atoms with van der Waals surface area (Å²) in [6.07, 6.45) is 9.79. The van der Waals surface area contributed by atoms with Gasteiger partial charge in [0, 0.05) is 60.4 Å². The Hall–Kier alpha value is -4.74. The number of aromatic nitrogens is 7. The van der Waals surface area contributed by atoms with E-state index < -0.39 is 0 Å². The number of pyridine rings is 3. The van der Waals surface area contributed by atoms with Gasteiger partial charge in [-0.1, -0.05) is 0 Å². The number of hydrogen-bond acceptors (Lipinski definition) is 8. The van der Waals surface area contributed by atoms with Crippen molar-refractivity contribution in [3.63, 3.8) is 0 Å². The van der Waals surface area contributed by atoms with Crippen molar-refractivity contribution in [1.82, 2.24) is 44.9 Å². The third-order valence-corrected chi connectivity index (χ3v) is 7.83. The summed E-state index contributed by atoms with van der Waals surface area (Å²) in [4.78, 5) is 26.6. The van der Waals surface area contributed by atoms with Crippen molar-refractivity contribution in [2.45, 2.75) is 19.4 Å². The summed E-state index contributed by atoms with van der Waals surface area (Å²) in [7, 11) is 4.01. The first-order chi connectivity index (χ1) is 21.0. The normalized spacial score (nSPS) is 14.0. The van der Waals surface area contributed by atoms with Crippen molar-refractivity contribution in [3.05, 3.63) is 72.6 Å². The molecule has 5 aromatic heterocycles. The zero-order valence-electron chi connectivity index (χ0n) is 24.2. The van der Waals surface area contributed by atoms with Crippen molar-refractivity contribution >= 4 is 27.6 Å². The highest BCUT2D eigenvalue weighted by Gasteiger charge is 2.18. The van der Waals surface area contributed by atoms with Gasteiger partial charge in [0.25, 0.3) is 0 Å². The van der Waals surface area contributed by atoms with Crippen LogP contribution < -0.4 is 5.32 Å². The molecular weight excluding hydrogens is 543 g/mol. The zero-order valence-corrected chi connectivity index (χ0v) is 24.2. The van der Waals surface area contributed by atoms with Gasteiger partial charge in [0.05, 0.1) is 28.6 Å². The van der Waals surface area contributed by atoms with Gasteiger partial charge in [0.15, 0.2) is 5.82 Å². The van der Waals surface area contributed by atoms with Crippen molar-refractivity contribution in [2.75, 3.05) is 45.6 Å². The number of likely N-dealkylation sites (N-methyl/N-ethyl adjacent to an activating group) is 1. The third-order valence-electron chi connectivity index (χ3n) is 7.83. The van der Waals surface area contributed by atoms with Gasteiger partial charge in [0.1, 0.15) is 17.0 Å². The van der Waals surface area contributed by atoms with E-state index in [0.717, 1.165) is 53.9 Å². The number of anilines is 1. The Morgan fingerprint density at radius 1 is 0.953 bits per heavy atom. The maximum Gasteiger partial charge on any atom is 0.159 e. The molecular formula is C32H33FN10. The van der Waals surface area contributed by atoms with E-state index in [-0.39, 0.29) is 5.82 Å². The van der Waals surface area contributed by atoms with Gasteiger partial charge in [0.2, 0.25) is 0 Å². The van der Waals surface area contributed by atoms with Crippen molar-refractivity contribution in [3.8, 4) is 34.0 Å². The standard InChI is InChI=1S/C32H33FN10/c1-42(2)10-7-35-24-13-21(12-23(33)14-24)29-31-26(5-6-36-29)38-32(39-31)30-25-15-27(37-18-28(25)40-41-30)22-11-20(16-34-17-22)19-43-8-3-4-9-43/h5-6,11-18,35H,3-4,7-10,19H2,1-2H3,(H,38,39)(H,40,41). The molecule has 7 rings (SSSR count). The zero-order chi connectivity index (χ0) is 29.3. The number of likely N-dealkylation sites (tertiary alicyclic amines) is 1. The highest BCUT2D eigenvalue weighted by molar-refractivity contribution is 5.97. The summed E-state index contributed by atoms with van der Waals surface area (Å²) in [5, 5.41) is 11.9. The minimum Gasteiger partial charge on any atom is -0.384 e. The molecule has 0 radical (unpaired) electrons. The summed E-state index contributed by atoms with van der Waals surface area (Å²) in [5.74, 6) is 0.256. The molecule has 1 aromatic carbocycles. The second kappa shape index (κ2) is 11.5. The molecule has 0 saturated carbocycles. The molecule has 0 spiro atoms. The highest BCUT2D eigenvalue weighted by atomic mass is 19.1. The van der Waals surface area contributed by atoms with Crippen LogP contribution >= 0.6 is 0 Å². The predicted molar refractivity (Wildman–Crippen MR) is 167 cm³/mol. The third kappa shape index (κ3) is 5.69. The first kappa shape index (κ1) is 27.1. The van der Waals surface area contributed by atoms with Crippen LogP contribution in [0.3, 0.4) is 0 Å². The highest BCUT2D eigenvalue weighted by Crippen LogP contribution is 2.33. The minimum absolute atomic E-state index is 0.336. The summed E-state index contributed by atoms with van der Waals surface area (Å²) in [6, 6.07) is 10.9. The largest absolute Gasteiger partial charge is 0.384 e. The van der Waals surface area contributed by atoms with E-state index in [0.29, 0.717) is 40.5 Å². The van der Waals surface area contributed by atoms with Crippen LogP contribution in [-0.4, -0.2) is 85.2 Å². The SMILES string of the molecule is CN(C)CCNc1cc(F)cc(-c2nccc3[nH]c(-c4n[nH]c5cnc(-c6cncc(CN7CCCC7)c6)cc45)nc23)c1. The van der Waals surface area contributed by atoms with Gasteiger partial charge in [-0.25, -0.2) is 9.37 Å². The van der Waals surface area contributed by atoms with Crippen molar-refractivity contribution in [1.29, 1.82) is 0 Å². The molecule has 0 aliphatic carbocycles. The summed E-state index contributed by atoms with van der Waals surface area (Å²) < 4.78 is 14.7. The molecule has 1 aliphatic rings. The molecule has 218 valence electrons. The van der Waals surface area contributed by atoms with E-state index in [1.165, 1.54) is 30.5 Å². The Bertz CT molecular complexity index is 1900. The summed E-state index contributed by atoms with van der Waals surface area (Å²) in [6.45, 7) is 4.69. The Kier molecular flexibility index (Phi) is 7.25. The van der Waals surface area contributed by atoms with Gasteiger partial charge in [-0.05, 0) is 82.0 Å². The van der Waals surface area contributed by atoms with E-state index in [1.807, 2.05) is 44.7 Å². The van der Waals surface area contributed by atoms with Crippen LogP contribution in [0.4, 0.5) is 10.1 Å². The molecule has 1 aliphatic heterocycles. The first-order valence-electron chi connectivity index (χ1n) is 14.6. The number of nitrogens with zero attached hydrogens (tertiary/aromatic N) is 7. The molecule has 0 atom stereocenters. The molecule has 0 unspecified atom stereocenters. The molecule has 10 nitrogen and oxygen atoms in total. The monoisotopic (exact) mass is 576 g/mol. The number of fused-ring (bicyclic) bond motifs is 2. The molecule has 3 N–H and O–H groups in total. The lowest BCUT2D eigenvalue weighted by Gasteiger charge is -2.14. The molecule has 0 amide bonds. The van der Waals surface area contributed by atoms with Gasteiger partial charge in [-0.2, -0.15) is 5.10 Å². The molecule has 43 heavy (non-hydrogen) atoms. The van der Waals surface area contributed by atoms with Crippen LogP contribution in [0.2, 0.25) is 0 Å². The number of rotatable bonds is 9. The molecule has 1 fully saturated rings. The second-order valence-corrected chi connectivity index (χ2v) is 11.4. The Balaban J connectivity index is 1.22. The van der Waals surface area contributed by atoms with Gasteiger partial charge in [-0.3, -0.25) is 25.0 Å². The Labute approximate surface area is 248 Å². The summed E-state index contributed by atoms with van der Waals surface area (Å²) >= 11 is 0. The maximum atomic E-state index is 14.7. The average molecular weight is 577 g/mol.